The zero-order chi connectivity index (χ0) is 21.8. The Hall–Kier alpha value is -4.33. The molecule has 0 bridgehead atoms. The molecule has 0 aliphatic heterocycles. The van der Waals surface area contributed by atoms with Crippen molar-refractivity contribution in [3.63, 3.8) is 0 Å². The molecule has 0 unspecified atom stereocenters. The fourth-order valence-corrected chi connectivity index (χ4v) is 2.93. The highest BCUT2D eigenvalue weighted by molar-refractivity contribution is 6.02. The first-order chi connectivity index (χ1) is 15.0. The van der Waals surface area contributed by atoms with E-state index in [0.717, 1.165) is 11.1 Å². The van der Waals surface area contributed by atoms with Crippen LogP contribution in [0.25, 0.3) is 16.9 Å². The van der Waals surface area contributed by atoms with Gasteiger partial charge in [0.2, 0.25) is 0 Å². The van der Waals surface area contributed by atoms with Crippen molar-refractivity contribution in [1.29, 1.82) is 0 Å². The van der Waals surface area contributed by atoms with Gasteiger partial charge in [-0.2, -0.15) is 5.10 Å². The summed E-state index contributed by atoms with van der Waals surface area (Å²) in [5, 5.41) is 4.52. The van der Waals surface area contributed by atoms with Crippen molar-refractivity contribution in [3.8, 4) is 16.9 Å². The minimum absolute atomic E-state index is 0.170. The monoisotopic (exact) mass is 415 g/mol. The van der Waals surface area contributed by atoms with Crippen LogP contribution in [-0.2, 0) is 0 Å². The molecule has 0 saturated carbocycles. The number of hydrogen-bond donors (Lipinski definition) is 2. The number of nitrogens with zero attached hydrogens (tertiary/aromatic N) is 3. The minimum atomic E-state index is -0.548. The van der Waals surface area contributed by atoms with E-state index in [1.165, 1.54) is 35.3 Å². The molecule has 8 heteroatoms. The Labute approximate surface area is 177 Å². The largest absolute Gasteiger partial charge is 0.288 e. The molecule has 2 N–H and O–H groups in total. The molecule has 2 heterocycles. The molecule has 2 amide bonds. The van der Waals surface area contributed by atoms with Gasteiger partial charge in [-0.25, -0.2) is 9.07 Å². The maximum absolute atomic E-state index is 13.3. The molecular formula is C23H18FN5O2. The van der Waals surface area contributed by atoms with Crippen LogP contribution in [0.2, 0.25) is 0 Å². The molecule has 0 saturated heterocycles. The third kappa shape index (κ3) is 4.48. The number of aromatic nitrogens is 3. The smallest absolute Gasteiger partial charge is 0.267 e. The van der Waals surface area contributed by atoms with Gasteiger partial charge in [-0.05, 0) is 43.3 Å². The molecule has 0 radical (unpaired) electrons. The van der Waals surface area contributed by atoms with Crippen molar-refractivity contribution in [1.82, 2.24) is 25.6 Å². The van der Waals surface area contributed by atoms with Gasteiger partial charge < -0.3 is 0 Å². The van der Waals surface area contributed by atoms with E-state index in [4.69, 9.17) is 0 Å². The first-order valence-corrected chi connectivity index (χ1v) is 9.45. The van der Waals surface area contributed by atoms with E-state index in [0.29, 0.717) is 11.4 Å². The first kappa shape index (κ1) is 20.0. The van der Waals surface area contributed by atoms with Gasteiger partial charge in [0.25, 0.3) is 11.8 Å². The minimum Gasteiger partial charge on any atom is -0.267 e. The maximum Gasteiger partial charge on any atom is 0.288 e. The summed E-state index contributed by atoms with van der Waals surface area (Å²) in [6.45, 7) is 1.96. The van der Waals surface area contributed by atoms with Crippen LogP contribution in [0, 0.1) is 12.7 Å². The number of nitrogens with one attached hydrogen (secondary N) is 2. The van der Waals surface area contributed by atoms with Crippen LogP contribution in [0.3, 0.4) is 0 Å². The Morgan fingerprint density at radius 2 is 1.61 bits per heavy atom. The average Bonchev–Trinajstić information content (AvgIpc) is 3.24. The lowest BCUT2D eigenvalue weighted by molar-refractivity contribution is 0.0844. The number of carbonyl (C=O) groups excluding carboxylic acids is 2. The molecule has 154 valence electrons. The van der Waals surface area contributed by atoms with Crippen LogP contribution < -0.4 is 10.9 Å². The summed E-state index contributed by atoms with van der Waals surface area (Å²) < 4.78 is 14.8. The first-order valence-electron chi connectivity index (χ1n) is 9.45. The Balaban J connectivity index is 1.64. The highest BCUT2D eigenvalue weighted by Crippen LogP contribution is 2.24. The topological polar surface area (TPSA) is 88.9 Å². The van der Waals surface area contributed by atoms with Crippen LogP contribution in [0.4, 0.5) is 4.39 Å². The van der Waals surface area contributed by atoms with E-state index in [9.17, 15) is 14.0 Å². The number of halogens is 1. The number of hydrogen-bond acceptors (Lipinski definition) is 4. The number of hydrazine groups is 1. The summed E-state index contributed by atoms with van der Waals surface area (Å²) in [5.74, 6) is -1.46. The molecule has 0 aliphatic rings. The van der Waals surface area contributed by atoms with Crippen LogP contribution in [0.15, 0.2) is 79.1 Å². The molecule has 0 aliphatic carbocycles. The lowest BCUT2D eigenvalue weighted by Crippen LogP contribution is -2.42. The third-order valence-electron chi connectivity index (χ3n) is 4.56. The molecule has 7 nitrogen and oxygen atoms in total. The second-order valence-corrected chi connectivity index (χ2v) is 6.80. The normalized spacial score (nSPS) is 10.5. The van der Waals surface area contributed by atoms with Crippen molar-refractivity contribution in [2.45, 2.75) is 6.92 Å². The number of amides is 2. The summed E-state index contributed by atoms with van der Waals surface area (Å²) in [7, 11) is 0. The predicted molar refractivity (Wildman–Crippen MR) is 113 cm³/mol. The number of aryl methyl sites for hydroxylation is 1. The molecule has 2 aromatic carbocycles. The predicted octanol–water partition coefficient (Wildman–Crippen LogP) is 3.46. The molecule has 31 heavy (non-hydrogen) atoms. The zero-order valence-electron chi connectivity index (χ0n) is 16.5. The molecular weight excluding hydrogens is 397 g/mol. The summed E-state index contributed by atoms with van der Waals surface area (Å²) in [6, 6.07) is 18.2. The summed E-state index contributed by atoms with van der Waals surface area (Å²) >= 11 is 0. The van der Waals surface area contributed by atoms with Crippen LogP contribution >= 0.6 is 0 Å². The van der Waals surface area contributed by atoms with Gasteiger partial charge in [0, 0.05) is 18.0 Å². The van der Waals surface area contributed by atoms with E-state index in [-0.39, 0.29) is 17.1 Å². The van der Waals surface area contributed by atoms with Gasteiger partial charge in [-0.3, -0.25) is 25.4 Å². The molecule has 0 spiro atoms. The molecule has 0 atom stereocenters. The number of rotatable bonds is 4. The van der Waals surface area contributed by atoms with Crippen molar-refractivity contribution in [2.24, 2.45) is 0 Å². The number of carbonyl (C=O) groups is 2. The Bertz CT molecular complexity index is 1220. The van der Waals surface area contributed by atoms with Crippen LogP contribution in [0.1, 0.15) is 26.4 Å². The van der Waals surface area contributed by atoms with Gasteiger partial charge in [0.05, 0.1) is 11.3 Å². The van der Waals surface area contributed by atoms with Gasteiger partial charge in [-0.15, -0.1) is 0 Å². The summed E-state index contributed by atoms with van der Waals surface area (Å²) in [5.41, 5.74) is 7.98. The van der Waals surface area contributed by atoms with Crippen LogP contribution in [0.5, 0.6) is 0 Å². The fraction of sp³-hybridized carbons (Fsp3) is 0.0435. The Morgan fingerprint density at radius 1 is 0.903 bits per heavy atom. The van der Waals surface area contributed by atoms with Gasteiger partial charge >= 0.3 is 0 Å². The zero-order valence-corrected chi connectivity index (χ0v) is 16.5. The van der Waals surface area contributed by atoms with E-state index in [2.05, 4.69) is 20.9 Å². The van der Waals surface area contributed by atoms with E-state index >= 15 is 0 Å². The molecule has 4 aromatic rings. The Kier molecular flexibility index (Phi) is 5.53. The Morgan fingerprint density at radius 3 is 2.29 bits per heavy atom. The number of benzene rings is 2. The van der Waals surface area contributed by atoms with E-state index in [1.54, 1.807) is 24.3 Å². The summed E-state index contributed by atoms with van der Waals surface area (Å²) in [6.07, 6.45) is 3.02. The lowest BCUT2D eigenvalue weighted by atomic mass is 10.1. The maximum atomic E-state index is 13.3. The second kappa shape index (κ2) is 8.58. The molecule has 4 rings (SSSR count). The second-order valence-electron chi connectivity index (χ2n) is 6.80. The quantitative estimate of drug-likeness (QED) is 0.500. The van der Waals surface area contributed by atoms with Gasteiger partial charge in [0.15, 0.2) is 0 Å². The van der Waals surface area contributed by atoms with Crippen molar-refractivity contribution >= 4 is 11.8 Å². The van der Waals surface area contributed by atoms with Gasteiger partial charge in [0.1, 0.15) is 17.2 Å². The molecule has 0 fully saturated rings. The third-order valence-corrected chi connectivity index (χ3v) is 4.56. The van der Waals surface area contributed by atoms with E-state index in [1.807, 2.05) is 31.2 Å². The number of pyridine rings is 1. The highest BCUT2D eigenvalue weighted by Gasteiger charge is 2.19. The van der Waals surface area contributed by atoms with E-state index < -0.39 is 11.8 Å². The van der Waals surface area contributed by atoms with Crippen molar-refractivity contribution < 1.29 is 14.0 Å². The highest BCUT2D eigenvalue weighted by atomic mass is 19.1. The van der Waals surface area contributed by atoms with Crippen molar-refractivity contribution in [3.05, 3.63) is 102 Å². The summed E-state index contributed by atoms with van der Waals surface area (Å²) in [4.78, 5) is 29.0. The van der Waals surface area contributed by atoms with Gasteiger partial charge in [-0.1, -0.05) is 35.9 Å². The SMILES string of the molecule is Cc1ccc(-c2nn(-c3ccc(F)cc3)cc2C(=O)NNC(=O)c2ccccn2)cc1. The molecule has 2 aromatic heterocycles. The average molecular weight is 415 g/mol. The standard InChI is InChI=1S/C23H18FN5O2/c1-15-5-7-16(8-6-15)21-19(14-29(28-21)18-11-9-17(24)10-12-18)22(30)26-27-23(31)20-4-2-3-13-25-20/h2-14H,1H3,(H,26,30)(H,27,31). The van der Waals surface area contributed by atoms with Crippen LogP contribution in [-0.4, -0.2) is 26.6 Å². The van der Waals surface area contributed by atoms with Crippen molar-refractivity contribution in [2.75, 3.05) is 0 Å². The fourth-order valence-electron chi connectivity index (χ4n) is 2.93. The lowest BCUT2D eigenvalue weighted by Gasteiger charge is -2.07.